The Balaban J connectivity index is 2.21. The molecule has 0 saturated heterocycles. The van der Waals surface area contributed by atoms with Crippen molar-refractivity contribution in [2.75, 3.05) is 0 Å². The van der Waals surface area contributed by atoms with Crippen LogP contribution in [-0.4, -0.2) is 9.97 Å². The molecular formula is C14H12N2O. The first-order chi connectivity index (χ1) is 8.24. The van der Waals surface area contributed by atoms with Gasteiger partial charge in [-0.3, -0.25) is 0 Å². The van der Waals surface area contributed by atoms with Gasteiger partial charge in [-0.05, 0) is 44.2 Å². The lowest BCUT2D eigenvalue weighted by molar-refractivity contribution is 0.505. The molecule has 17 heavy (non-hydrogen) atoms. The highest BCUT2D eigenvalue weighted by atomic mass is 16.3. The van der Waals surface area contributed by atoms with Gasteiger partial charge in [-0.15, -0.1) is 0 Å². The minimum Gasteiger partial charge on any atom is -0.466 e. The number of nitrogens with zero attached hydrogens (tertiary/aromatic N) is 2. The summed E-state index contributed by atoms with van der Waals surface area (Å²) in [6, 6.07) is 9.96. The molecule has 0 aliphatic heterocycles. The third-order valence-corrected chi connectivity index (χ3v) is 2.78. The van der Waals surface area contributed by atoms with Gasteiger partial charge in [0.2, 0.25) is 0 Å². The number of rotatable bonds is 1. The first-order valence-electron chi connectivity index (χ1n) is 5.53. The maximum absolute atomic E-state index is 5.52. The second kappa shape index (κ2) is 3.70. The van der Waals surface area contributed by atoms with Gasteiger partial charge in [-0.2, -0.15) is 0 Å². The predicted molar refractivity (Wildman–Crippen MR) is 66.7 cm³/mol. The number of aromatic nitrogens is 2. The zero-order valence-corrected chi connectivity index (χ0v) is 9.77. The van der Waals surface area contributed by atoms with Crippen molar-refractivity contribution in [1.29, 1.82) is 0 Å². The lowest BCUT2D eigenvalue weighted by atomic mass is 10.1. The fourth-order valence-corrected chi connectivity index (χ4v) is 1.99. The van der Waals surface area contributed by atoms with E-state index < -0.39 is 0 Å². The highest BCUT2D eigenvalue weighted by Gasteiger charge is 2.09. The summed E-state index contributed by atoms with van der Waals surface area (Å²) in [5.74, 6) is 1.80. The minimum absolute atomic E-state index is 0.767. The molecule has 3 rings (SSSR count). The average Bonchev–Trinajstić information content (AvgIpc) is 2.68. The molecule has 0 fully saturated rings. The highest BCUT2D eigenvalue weighted by Crippen LogP contribution is 2.26. The second-order valence-electron chi connectivity index (χ2n) is 4.07. The van der Waals surface area contributed by atoms with Crippen molar-refractivity contribution >= 4 is 11.0 Å². The molecule has 0 aliphatic rings. The maximum atomic E-state index is 5.52. The molecule has 0 N–H and O–H groups in total. The van der Waals surface area contributed by atoms with Crippen LogP contribution in [0.2, 0.25) is 0 Å². The molecule has 0 aromatic carbocycles. The van der Waals surface area contributed by atoms with E-state index in [4.69, 9.17) is 4.42 Å². The largest absolute Gasteiger partial charge is 0.466 e. The van der Waals surface area contributed by atoms with Crippen LogP contribution in [-0.2, 0) is 0 Å². The van der Waals surface area contributed by atoms with Crippen molar-refractivity contribution in [2.45, 2.75) is 13.8 Å². The number of hydrogen-bond donors (Lipinski definition) is 0. The molecule has 0 unspecified atom stereocenters. The van der Waals surface area contributed by atoms with E-state index in [1.165, 1.54) is 0 Å². The van der Waals surface area contributed by atoms with Crippen molar-refractivity contribution in [3.8, 4) is 11.3 Å². The van der Waals surface area contributed by atoms with Gasteiger partial charge >= 0.3 is 0 Å². The molecule has 3 heteroatoms. The SMILES string of the molecule is Cc1cc(-c2ccc3cccnc3n2)c(C)o1. The molecule has 3 aromatic rings. The zero-order chi connectivity index (χ0) is 11.8. The Kier molecular flexibility index (Phi) is 2.18. The maximum Gasteiger partial charge on any atom is 0.159 e. The molecule has 0 saturated carbocycles. The average molecular weight is 224 g/mol. The Morgan fingerprint density at radius 3 is 2.76 bits per heavy atom. The summed E-state index contributed by atoms with van der Waals surface area (Å²) < 4.78 is 5.52. The lowest BCUT2D eigenvalue weighted by Crippen LogP contribution is -1.87. The molecule has 3 aromatic heterocycles. The van der Waals surface area contributed by atoms with Gasteiger partial charge in [-0.25, -0.2) is 9.97 Å². The Morgan fingerprint density at radius 1 is 1.12 bits per heavy atom. The first kappa shape index (κ1) is 10.0. The molecule has 3 nitrogen and oxygen atoms in total. The number of pyridine rings is 2. The third kappa shape index (κ3) is 1.69. The monoisotopic (exact) mass is 224 g/mol. The molecule has 0 bridgehead atoms. The molecule has 0 radical (unpaired) electrons. The predicted octanol–water partition coefficient (Wildman–Crippen LogP) is 3.51. The van der Waals surface area contributed by atoms with E-state index in [2.05, 4.69) is 9.97 Å². The Bertz CT molecular complexity index is 686. The Labute approximate surface area is 99.1 Å². The van der Waals surface area contributed by atoms with Gasteiger partial charge in [0.25, 0.3) is 0 Å². The summed E-state index contributed by atoms with van der Waals surface area (Å²) >= 11 is 0. The number of furan rings is 1. The summed E-state index contributed by atoms with van der Waals surface area (Å²) in [5.41, 5.74) is 2.71. The molecule has 0 aliphatic carbocycles. The fourth-order valence-electron chi connectivity index (χ4n) is 1.99. The normalized spacial score (nSPS) is 10.9. The number of aryl methyl sites for hydroxylation is 2. The van der Waals surface area contributed by atoms with Crippen LogP contribution in [0.4, 0.5) is 0 Å². The van der Waals surface area contributed by atoms with Gasteiger partial charge in [0.1, 0.15) is 11.5 Å². The Morgan fingerprint density at radius 2 is 2.00 bits per heavy atom. The van der Waals surface area contributed by atoms with Crippen LogP contribution in [0.3, 0.4) is 0 Å². The van der Waals surface area contributed by atoms with Gasteiger partial charge < -0.3 is 4.42 Å². The van der Waals surface area contributed by atoms with Gasteiger partial charge in [0.15, 0.2) is 5.65 Å². The minimum atomic E-state index is 0.767. The quantitative estimate of drug-likeness (QED) is 0.635. The molecule has 0 atom stereocenters. The Hall–Kier alpha value is -2.16. The van der Waals surface area contributed by atoms with Crippen LogP contribution in [0.25, 0.3) is 22.3 Å². The molecule has 3 heterocycles. The lowest BCUT2D eigenvalue weighted by Gasteiger charge is -2.00. The summed E-state index contributed by atoms with van der Waals surface area (Å²) in [7, 11) is 0. The van der Waals surface area contributed by atoms with Gasteiger partial charge in [0.05, 0.1) is 5.69 Å². The van der Waals surface area contributed by atoms with Crippen molar-refractivity contribution < 1.29 is 4.42 Å². The van der Waals surface area contributed by atoms with Crippen LogP contribution < -0.4 is 0 Å². The standard InChI is InChI=1S/C14H12N2O/c1-9-8-12(10(2)17-9)13-6-5-11-4-3-7-15-14(11)16-13/h3-8H,1-2H3. The van der Waals surface area contributed by atoms with Crippen molar-refractivity contribution in [1.82, 2.24) is 9.97 Å². The van der Waals surface area contributed by atoms with Crippen molar-refractivity contribution in [3.05, 3.63) is 48.0 Å². The molecule has 84 valence electrons. The molecule has 0 amide bonds. The summed E-state index contributed by atoms with van der Waals surface area (Å²) in [6.07, 6.45) is 1.76. The smallest absolute Gasteiger partial charge is 0.159 e. The van der Waals surface area contributed by atoms with E-state index in [1.807, 2.05) is 44.2 Å². The van der Waals surface area contributed by atoms with Crippen molar-refractivity contribution in [3.63, 3.8) is 0 Å². The van der Waals surface area contributed by atoms with E-state index in [9.17, 15) is 0 Å². The number of hydrogen-bond acceptors (Lipinski definition) is 3. The van der Waals surface area contributed by atoms with Crippen molar-refractivity contribution in [2.24, 2.45) is 0 Å². The van der Waals surface area contributed by atoms with E-state index in [0.717, 1.165) is 33.8 Å². The third-order valence-electron chi connectivity index (χ3n) is 2.78. The van der Waals surface area contributed by atoms with E-state index in [-0.39, 0.29) is 0 Å². The van der Waals surface area contributed by atoms with Crippen LogP contribution >= 0.6 is 0 Å². The van der Waals surface area contributed by atoms with Crippen LogP contribution in [0.15, 0.2) is 40.9 Å². The zero-order valence-electron chi connectivity index (χ0n) is 9.77. The summed E-state index contributed by atoms with van der Waals surface area (Å²) in [5, 5.41) is 1.05. The molecular weight excluding hydrogens is 212 g/mol. The van der Waals surface area contributed by atoms with Gasteiger partial charge in [0, 0.05) is 17.1 Å². The number of fused-ring (bicyclic) bond motifs is 1. The first-order valence-corrected chi connectivity index (χ1v) is 5.53. The van der Waals surface area contributed by atoms with E-state index in [0.29, 0.717) is 0 Å². The van der Waals surface area contributed by atoms with Crippen LogP contribution in [0.1, 0.15) is 11.5 Å². The highest BCUT2D eigenvalue weighted by molar-refractivity contribution is 5.78. The van der Waals surface area contributed by atoms with E-state index in [1.54, 1.807) is 6.20 Å². The van der Waals surface area contributed by atoms with Crippen LogP contribution in [0, 0.1) is 13.8 Å². The summed E-state index contributed by atoms with van der Waals surface area (Å²) in [6.45, 7) is 3.89. The second-order valence-corrected chi connectivity index (χ2v) is 4.07. The van der Waals surface area contributed by atoms with E-state index >= 15 is 0 Å². The molecule has 0 spiro atoms. The van der Waals surface area contributed by atoms with Gasteiger partial charge in [-0.1, -0.05) is 0 Å². The summed E-state index contributed by atoms with van der Waals surface area (Å²) in [4.78, 5) is 8.81. The van der Waals surface area contributed by atoms with Crippen LogP contribution in [0.5, 0.6) is 0 Å². The fraction of sp³-hybridized carbons (Fsp3) is 0.143. The topological polar surface area (TPSA) is 38.9 Å².